The standard InChI is InChI=1S/C27H36O4/c1-25(2,3)21-16-19(17-22(23(21)28)26(4,5)6)11-9-10-18-12-14-20(15-13-18)31-27(7,8)24(29)30/h9,11-17,28H,10H2,1-8H3,(H,29,30)/b11-9-. The first-order valence-electron chi connectivity index (χ1n) is 10.7. The number of aromatic hydroxyl groups is 1. The first-order valence-corrected chi connectivity index (χ1v) is 10.7. The highest BCUT2D eigenvalue weighted by Gasteiger charge is 2.29. The smallest absolute Gasteiger partial charge is 0.347 e. The molecule has 0 amide bonds. The molecule has 31 heavy (non-hydrogen) atoms. The van der Waals surface area contributed by atoms with Gasteiger partial charge in [0.25, 0.3) is 0 Å². The van der Waals surface area contributed by atoms with Crippen molar-refractivity contribution < 1.29 is 19.7 Å². The molecule has 0 saturated heterocycles. The highest BCUT2D eigenvalue weighted by atomic mass is 16.5. The lowest BCUT2D eigenvalue weighted by Crippen LogP contribution is -2.37. The van der Waals surface area contributed by atoms with Crippen LogP contribution in [0.4, 0.5) is 0 Å². The minimum Gasteiger partial charge on any atom is -0.507 e. The van der Waals surface area contributed by atoms with E-state index in [9.17, 15) is 15.0 Å². The number of carbonyl (C=O) groups is 1. The predicted molar refractivity (Wildman–Crippen MR) is 127 cm³/mol. The van der Waals surface area contributed by atoms with E-state index >= 15 is 0 Å². The molecule has 0 aliphatic rings. The lowest BCUT2D eigenvalue weighted by Gasteiger charge is -2.27. The van der Waals surface area contributed by atoms with E-state index in [1.807, 2.05) is 12.1 Å². The Hall–Kier alpha value is -2.75. The van der Waals surface area contributed by atoms with Crippen LogP contribution in [-0.4, -0.2) is 21.8 Å². The van der Waals surface area contributed by atoms with Crippen LogP contribution < -0.4 is 4.74 Å². The average Bonchev–Trinajstić information content (AvgIpc) is 2.62. The van der Waals surface area contributed by atoms with E-state index in [2.05, 4.69) is 65.8 Å². The zero-order chi connectivity index (χ0) is 23.6. The molecule has 0 fully saturated rings. The summed E-state index contributed by atoms with van der Waals surface area (Å²) in [5, 5.41) is 20.0. The van der Waals surface area contributed by atoms with Crippen LogP contribution >= 0.6 is 0 Å². The van der Waals surface area contributed by atoms with Gasteiger partial charge in [0.2, 0.25) is 0 Å². The molecule has 0 unspecified atom stereocenters. The van der Waals surface area contributed by atoms with Gasteiger partial charge in [-0.25, -0.2) is 4.79 Å². The third-order valence-corrected chi connectivity index (χ3v) is 5.22. The van der Waals surface area contributed by atoms with Crippen LogP contribution in [0.3, 0.4) is 0 Å². The Morgan fingerprint density at radius 1 is 0.903 bits per heavy atom. The van der Waals surface area contributed by atoms with Crippen molar-refractivity contribution in [3.05, 3.63) is 64.7 Å². The summed E-state index contributed by atoms with van der Waals surface area (Å²) in [5.74, 6) is -0.0852. The van der Waals surface area contributed by atoms with Crippen molar-refractivity contribution in [3.8, 4) is 11.5 Å². The molecule has 0 radical (unpaired) electrons. The zero-order valence-corrected chi connectivity index (χ0v) is 20.0. The second-order valence-electron chi connectivity index (χ2n) is 10.6. The highest BCUT2D eigenvalue weighted by Crippen LogP contribution is 2.40. The first-order chi connectivity index (χ1) is 14.1. The fraction of sp³-hybridized carbons (Fsp3) is 0.444. The number of aliphatic carboxylic acids is 1. The van der Waals surface area contributed by atoms with Crippen molar-refractivity contribution in [2.24, 2.45) is 0 Å². The molecule has 2 aromatic carbocycles. The lowest BCUT2D eigenvalue weighted by molar-refractivity contribution is -0.152. The zero-order valence-electron chi connectivity index (χ0n) is 20.0. The molecule has 0 bridgehead atoms. The SMILES string of the molecule is CC(C)(Oc1ccc(C/C=C\c2cc(C(C)(C)C)c(O)c(C(C)(C)C)c2)cc1)C(=O)O. The maximum atomic E-state index is 11.2. The monoisotopic (exact) mass is 424 g/mol. The van der Waals surface area contributed by atoms with Gasteiger partial charge in [-0.1, -0.05) is 65.8 Å². The fourth-order valence-corrected chi connectivity index (χ4v) is 3.26. The molecular weight excluding hydrogens is 388 g/mol. The van der Waals surface area contributed by atoms with Crippen molar-refractivity contribution in [1.29, 1.82) is 0 Å². The third-order valence-electron chi connectivity index (χ3n) is 5.22. The molecule has 0 heterocycles. The Kier molecular flexibility index (Phi) is 6.94. The molecule has 4 heteroatoms. The van der Waals surface area contributed by atoms with E-state index in [1.54, 1.807) is 12.1 Å². The topological polar surface area (TPSA) is 66.8 Å². The number of carboxylic acids is 1. The van der Waals surface area contributed by atoms with Crippen LogP contribution in [0.1, 0.15) is 77.6 Å². The second-order valence-corrected chi connectivity index (χ2v) is 10.6. The molecule has 4 nitrogen and oxygen atoms in total. The summed E-state index contributed by atoms with van der Waals surface area (Å²) >= 11 is 0. The molecular formula is C27H36O4. The van der Waals surface area contributed by atoms with Crippen molar-refractivity contribution >= 4 is 12.0 Å². The lowest BCUT2D eigenvalue weighted by atomic mass is 9.78. The maximum absolute atomic E-state index is 11.2. The summed E-state index contributed by atoms with van der Waals surface area (Å²) in [6.45, 7) is 15.7. The Morgan fingerprint density at radius 2 is 1.39 bits per heavy atom. The van der Waals surface area contributed by atoms with Crippen LogP contribution in [0.5, 0.6) is 11.5 Å². The molecule has 2 rings (SSSR count). The number of benzene rings is 2. The normalized spacial score (nSPS) is 12.9. The Morgan fingerprint density at radius 3 is 1.81 bits per heavy atom. The number of phenolic OH excluding ortho intramolecular Hbond substituents is 1. The minimum atomic E-state index is -1.27. The van der Waals surface area contributed by atoms with Gasteiger partial charge >= 0.3 is 5.97 Å². The summed E-state index contributed by atoms with van der Waals surface area (Å²) in [6, 6.07) is 11.6. The van der Waals surface area contributed by atoms with Gasteiger partial charge in [0.15, 0.2) is 5.60 Å². The third kappa shape index (κ3) is 6.36. The quantitative estimate of drug-likeness (QED) is 0.556. The van der Waals surface area contributed by atoms with Gasteiger partial charge in [0, 0.05) is 11.1 Å². The van der Waals surface area contributed by atoms with Crippen LogP contribution in [0.15, 0.2) is 42.5 Å². The van der Waals surface area contributed by atoms with E-state index < -0.39 is 11.6 Å². The summed E-state index contributed by atoms with van der Waals surface area (Å²) in [7, 11) is 0. The molecule has 168 valence electrons. The number of hydrogen-bond donors (Lipinski definition) is 2. The number of allylic oxidation sites excluding steroid dienone is 1. The van der Waals surface area contributed by atoms with Crippen molar-refractivity contribution in [2.75, 3.05) is 0 Å². The molecule has 0 spiro atoms. The van der Waals surface area contributed by atoms with Gasteiger partial charge in [-0.05, 0) is 66.5 Å². The molecule has 0 saturated carbocycles. The van der Waals surface area contributed by atoms with Crippen LogP contribution in [-0.2, 0) is 22.0 Å². The number of hydrogen-bond acceptors (Lipinski definition) is 3. The summed E-state index contributed by atoms with van der Waals surface area (Å²) in [6.07, 6.45) is 4.92. The van der Waals surface area contributed by atoms with Gasteiger partial charge < -0.3 is 14.9 Å². The van der Waals surface area contributed by atoms with Gasteiger partial charge in [0.1, 0.15) is 11.5 Å². The highest BCUT2D eigenvalue weighted by molar-refractivity contribution is 5.76. The average molecular weight is 425 g/mol. The maximum Gasteiger partial charge on any atom is 0.347 e. The number of ether oxygens (including phenoxy) is 1. The van der Waals surface area contributed by atoms with E-state index in [4.69, 9.17) is 4.74 Å². The molecule has 0 aromatic heterocycles. The van der Waals surface area contributed by atoms with Crippen molar-refractivity contribution in [3.63, 3.8) is 0 Å². The van der Waals surface area contributed by atoms with Crippen molar-refractivity contribution in [1.82, 2.24) is 0 Å². The summed E-state index contributed by atoms with van der Waals surface area (Å²) in [5.41, 5.74) is 2.47. The molecule has 2 aromatic rings. The largest absolute Gasteiger partial charge is 0.507 e. The van der Waals surface area contributed by atoms with Crippen LogP contribution in [0.2, 0.25) is 0 Å². The van der Waals surface area contributed by atoms with Crippen LogP contribution in [0.25, 0.3) is 6.08 Å². The van der Waals surface area contributed by atoms with Crippen molar-refractivity contribution in [2.45, 2.75) is 78.2 Å². The van der Waals surface area contributed by atoms with Gasteiger partial charge in [0.05, 0.1) is 0 Å². The number of rotatable bonds is 6. The summed E-state index contributed by atoms with van der Waals surface area (Å²) in [4.78, 5) is 11.2. The Labute approximate surface area is 186 Å². The predicted octanol–water partition coefficient (Wildman–Crippen LogP) is 6.49. The molecule has 0 aliphatic heterocycles. The number of carboxylic acid groups (broad SMARTS) is 1. The molecule has 2 N–H and O–H groups in total. The first kappa shape index (κ1) is 24.5. The van der Waals surface area contributed by atoms with Gasteiger partial charge in [-0.3, -0.25) is 0 Å². The van der Waals surface area contributed by atoms with E-state index in [-0.39, 0.29) is 10.8 Å². The molecule has 0 aliphatic carbocycles. The van der Waals surface area contributed by atoms with E-state index in [0.717, 1.165) is 28.7 Å². The Balaban J connectivity index is 2.22. The summed E-state index contributed by atoms with van der Waals surface area (Å²) < 4.78 is 5.55. The van der Waals surface area contributed by atoms with E-state index in [0.29, 0.717) is 11.5 Å². The van der Waals surface area contributed by atoms with E-state index in [1.165, 1.54) is 13.8 Å². The number of phenols is 1. The minimum absolute atomic E-state index is 0.159. The van der Waals surface area contributed by atoms with Crippen LogP contribution in [0, 0.1) is 0 Å². The Bertz CT molecular complexity index is 917. The van der Waals surface area contributed by atoms with Gasteiger partial charge in [-0.15, -0.1) is 0 Å². The fourth-order valence-electron chi connectivity index (χ4n) is 3.26. The van der Waals surface area contributed by atoms with Gasteiger partial charge in [-0.2, -0.15) is 0 Å². The molecule has 0 atom stereocenters. The second kappa shape index (κ2) is 8.78.